The Hall–Kier alpha value is -1.48. The summed E-state index contributed by atoms with van der Waals surface area (Å²) >= 11 is 0. The minimum atomic E-state index is 0.369. The molecule has 0 amide bonds. The predicted octanol–water partition coefficient (Wildman–Crippen LogP) is 3.15. The van der Waals surface area contributed by atoms with Crippen LogP contribution in [0, 0.1) is 0 Å². The number of anilines is 1. The Balaban J connectivity index is 1.69. The average molecular weight is 230 g/mol. The molecule has 3 heteroatoms. The largest absolute Gasteiger partial charge is 0.381 e. The molecule has 1 aromatic heterocycles. The van der Waals surface area contributed by atoms with Crippen molar-refractivity contribution in [2.45, 2.75) is 25.4 Å². The van der Waals surface area contributed by atoms with E-state index < -0.39 is 0 Å². The van der Waals surface area contributed by atoms with Gasteiger partial charge in [-0.15, -0.1) is 0 Å². The molecule has 0 bridgehead atoms. The molecule has 1 aliphatic heterocycles. The summed E-state index contributed by atoms with van der Waals surface area (Å²) < 4.78 is 5.72. The van der Waals surface area contributed by atoms with Crippen LogP contribution >= 0.6 is 0 Å². The Morgan fingerprint density at radius 1 is 1.29 bits per heavy atom. The zero-order valence-corrected chi connectivity index (χ0v) is 9.91. The second-order valence-electron chi connectivity index (χ2n) is 4.62. The zero-order chi connectivity index (χ0) is 11.5. The smallest absolute Gasteiger partial charge is 0.0747 e. The van der Waals surface area contributed by atoms with Crippen molar-refractivity contribution < 1.29 is 4.74 Å². The quantitative estimate of drug-likeness (QED) is 0.850. The van der Waals surface area contributed by atoms with Crippen LogP contribution in [-0.4, -0.2) is 24.2 Å². The second kappa shape index (κ2) is 4.80. The molecule has 0 spiro atoms. The number of ether oxygens (including phenoxy) is 1. The molecule has 3 rings (SSSR count). The highest BCUT2D eigenvalue weighted by atomic mass is 16.5. The molecule has 1 unspecified atom stereocenters. The minimum Gasteiger partial charge on any atom is -0.381 e. The van der Waals surface area contributed by atoms with Crippen molar-refractivity contribution in [3.05, 3.63) is 30.5 Å². The van der Waals surface area contributed by atoms with Crippen molar-refractivity contribution in [2.24, 2.45) is 0 Å². The lowest BCUT2D eigenvalue weighted by Crippen LogP contribution is -2.27. The van der Waals surface area contributed by atoms with E-state index in [1.807, 2.05) is 6.20 Å². The number of nitrogens with one attached hydrogen (secondary N) is 2. The van der Waals surface area contributed by atoms with E-state index in [1.165, 1.54) is 35.9 Å². The fourth-order valence-corrected chi connectivity index (χ4v) is 2.42. The van der Waals surface area contributed by atoms with Gasteiger partial charge in [-0.3, -0.25) is 0 Å². The first kappa shape index (κ1) is 10.7. The van der Waals surface area contributed by atoms with E-state index in [9.17, 15) is 0 Å². The first-order valence-corrected chi connectivity index (χ1v) is 6.35. The van der Waals surface area contributed by atoms with E-state index in [1.54, 1.807) is 0 Å². The number of para-hydroxylation sites is 1. The summed E-state index contributed by atoms with van der Waals surface area (Å²) in [6, 6.07) is 8.41. The molecule has 17 heavy (non-hydrogen) atoms. The molecular formula is C14H18N2O. The Kier molecular flexibility index (Phi) is 3.01. The first-order chi connectivity index (χ1) is 8.43. The Labute approximate surface area is 101 Å². The molecule has 1 aliphatic rings. The maximum atomic E-state index is 5.72. The summed E-state index contributed by atoms with van der Waals surface area (Å²) in [4.78, 5) is 3.27. The van der Waals surface area contributed by atoms with Gasteiger partial charge in [-0.2, -0.15) is 0 Å². The van der Waals surface area contributed by atoms with Gasteiger partial charge >= 0.3 is 0 Å². The van der Waals surface area contributed by atoms with Gasteiger partial charge in [0.15, 0.2) is 0 Å². The van der Waals surface area contributed by atoms with Crippen LogP contribution in [0.2, 0.25) is 0 Å². The van der Waals surface area contributed by atoms with Crippen LogP contribution in [0.15, 0.2) is 30.5 Å². The lowest BCUT2D eigenvalue weighted by molar-refractivity contribution is 0.0248. The number of benzene rings is 1. The van der Waals surface area contributed by atoms with Crippen LogP contribution in [0.4, 0.5) is 5.69 Å². The van der Waals surface area contributed by atoms with Crippen molar-refractivity contribution in [3.63, 3.8) is 0 Å². The first-order valence-electron chi connectivity index (χ1n) is 6.35. The molecule has 0 aliphatic carbocycles. The summed E-state index contributed by atoms with van der Waals surface area (Å²) in [5.41, 5.74) is 2.35. The molecule has 1 aromatic carbocycles. The van der Waals surface area contributed by atoms with Crippen molar-refractivity contribution in [1.82, 2.24) is 4.98 Å². The standard InChI is InChI=1S/C14H18N2O/c1-2-9-17-12(5-1)10-16-13-6-3-4-11-7-8-15-14(11)13/h3-4,6-8,12,15-16H,1-2,5,9-10H2. The summed E-state index contributed by atoms with van der Waals surface area (Å²) in [6.45, 7) is 1.82. The molecule has 1 saturated heterocycles. The maximum Gasteiger partial charge on any atom is 0.0747 e. The molecule has 3 nitrogen and oxygen atoms in total. The summed E-state index contributed by atoms with van der Waals surface area (Å²) in [6.07, 6.45) is 6.02. The number of rotatable bonds is 3. The molecule has 1 fully saturated rings. The molecule has 1 atom stereocenters. The number of hydrogen-bond donors (Lipinski definition) is 2. The highest BCUT2D eigenvalue weighted by Gasteiger charge is 2.13. The SMILES string of the molecule is c1cc(NCC2CCCCO2)c2[nH]ccc2c1. The molecule has 0 radical (unpaired) electrons. The normalized spacial score (nSPS) is 20.6. The molecule has 2 aromatic rings. The maximum absolute atomic E-state index is 5.72. The van der Waals surface area contributed by atoms with E-state index in [-0.39, 0.29) is 0 Å². The summed E-state index contributed by atoms with van der Waals surface area (Å²) in [5, 5.41) is 4.74. The van der Waals surface area contributed by atoms with E-state index in [2.05, 4.69) is 34.6 Å². The Bertz CT molecular complexity index is 486. The molecule has 2 N–H and O–H groups in total. The van der Waals surface area contributed by atoms with Gasteiger partial charge in [-0.05, 0) is 31.4 Å². The van der Waals surface area contributed by atoms with Crippen molar-refractivity contribution in [1.29, 1.82) is 0 Å². The van der Waals surface area contributed by atoms with E-state index in [0.29, 0.717) is 6.10 Å². The molecule has 2 heterocycles. The zero-order valence-electron chi connectivity index (χ0n) is 9.91. The fourth-order valence-electron chi connectivity index (χ4n) is 2.42. The van der Waals surface area contributed by atoms with Gasteiger partial charge in [-0.25, -0.2) is 0 Å². The molecular weight excluding hydrogens is 212 g/mol. The minimum absolute atomic E-state index is 0.369. The van der Waals surface area contributed by atoms with Crippen LogP contribution in [0.1, 0.15) is 19.3 Å². The Morgan fingerprint density at radius 3 is 3.18 bits per heavy atom. The Morgan fingerprint density at radius 2 is 2.29 bits per heavy atom. The number of aromatic nitrogens is 1. The van der Waals surface area contributed by atoms with E-state index in [4.69, 9.17) is 4.74 Å². The van der Waals surface area contributed by atoms with Crippen LogP contribution in [0.5, 0.6) is 0 Å². The molecule has 90 valence electrons. The van der Waals surface area contributed by atoms with Gasteiger partial charge in [0.1, 0.15) is 0 Å². The number of fused-ring (bicyclic) bond motifs is 1. The third-order valence-electron chi connectivity index (χ3n) is 3.38. The topological polar surface area (TPSA) is 37.0 Å². The fraction of sp³-hybridized carbons (Fsp3) is 0.429. The lowest BCUT2D eigenvalue weighted by Gasteiger charge is -2.23. The monoisotopic (exact) mass is 230 g/mol. The second-order valence-corrected chi connectivity index (χ2v) is 4.62. The van der Waals surface area contributed by atoms with E-state index in [0.717, 1.165) is 13.2 Å². The van der Waals surface area contributed by atoms with Crippen LogP contribution in [0.3, 0.4) is 0 Å². The van der Waals surface area contributed by atoms with Gasteiger partial charge in [0.2, 0.25) is 0 Å². The highest BCUT2D eigenvalue weighted by Crippen LogP contribution is 2.22. The summed E-state index contributed by atoms with van der Waals surface area (Å²) in [7, 11) is 0. The van der Waals surface area contributed by atoms with Gasteiger partial charge < -0.3 is 15.0 Å². The van der Waals surface area contributed by atoms with Crippen LogP contribution < -0.4 is 5.32 Å². The number of aromatic amines is 1. The van der Waals surface area contributed by atoms with Gasteiger partial charge in [-0.1, -0.05) is 12.1 Å². The number of H-pyrrole nitrogens is 1. The predicted molar refractivity (Wildman–Crippen MR) is 70.4 cm³/mol. The summed E-state index contributed by atoms with van der Waals surface area (Å²) in [5.74, 6) is 0. The van der Waals surface area contributed by atoms with Crippen molar-refractivity contribution in [3.8, 4) is 0 Å². The highest BCUT2D eigenvalue weighted by molar-refractivity contribution is 5.90. The molecule has 0 saturated carbocycles. The van der Waals surface area contributed by atoms with Gasteiger partial charge in [0.05, 0.1) is 17.3 Å². The van der Waals surface area contributed by atoms with Crippen molar-refractivity contribution in [2.75, 3.05) is 18.5 Å². The average Bonchev–Trinajstić information content (AvgIpc) is 2.86. The van der Waals surface area contributed by atoms with Crippen molar-refractivity contribution >= 4 is 16.6 Å². The lowest BCUT2D eigenvalue weighted by atomic mass is 10.1. The third kappa shape index (κ3) is 2.29. The van der Waals surface area contributed by atoms with Gasteiger partial charge in [0, 0.05) is 24.7 Å². The van der Waals surface area contributed by atoms with Gasteiger partial charge in [0.25, 0.3) is 0 Å². The number of hydrogen-bond acceptors (Lipinski definition) is 2. The van der Waals surface area contributed by atoms with E-state index >= 15 is 0 Å². The third-order valence-corrected chi connectivity index (χ3v) is 3.38. The van der Waals surface area contributed by atoms with Crippen LogP contribution in [-0.2, 0) is 4.74 Å². The van der Waals surface area contributed by atoms with Crippen LogP contribution in [0.25, 0.3) is 10.9 Å².